The Hall–Kier alpha value is -1.66. The van der Waals surface area contributed by atoms with E-state index in [9.17, 15) is 0 Å². The summed E-state index contributed by atoms with van der Waals surface area (Å²) in [6.07, 6.45) is 1.65. The highest BCUT2D eigenvalue weighted by atomic mass is 35.5. The first-order valence-corrected chi connectivity index (χ1v) is 4.39. The maximum absolute atomic E-state index is 8.59. The second-order valence-electron chi connectivity index (χ2n) is 2.54. The summed E-state index contributed by atoms with van der Waals surface area (Å²) >= 11 is 5.32. The first-order valence-electron chi connectivity index (χ1n) is 3.95. The summed E-state index contributed by atoms with van der Waals surface area (Å²) in [6, 6.07) is 6.87. The molecule has 2 N–H and O–H groups in total. The number of nitrogens with two attached hydrogens (primary N) is 1. The Morgan fingerprint density at radius 2 is 2.36 bits per heavy atom. The summed E-state index contributed by atoms with van der Waals surface area (Å²) in [5.41, 5.74) is 7.99. The molecule has 0 aliphatic heterocycles. The smallest absolute Gasteiger partial charge is 0.142 e. The fraction of sp³-hybridized carbons (Fsp3) is 0.100. The van der Waals surface area contributed by atoms with Gasteiger partial charge in [0.05, 0.1) is 17.3 Å². The van der Waals surface area contributed by atoms with E-state index in [1.54, 1.807) is 24.3 Å². The SMILES string of the molecule is N#Cc1ccc(OC/C=C/Cl)c(N)c1. The van der Waals surface area contributed by atoms with E-state index in [1.807, 2.05) is 6.07 Å². The minimum absolute atomic E-state index is 0.361. The van der Waals surface area contributed by atoms with Crippen LogP contribution in [-0.2, 0) is 0 Å². The number of nitrogen functional groups attached to an aromatic ring is 1. The van der Waals surface area contributed by atoms with Gasteiger partial charge < -0.3 is 10.5 Å². The van der Waals surface area contributed by atoms with Crippen LogP contribution in [0.5, 0.6) is 5.75 Å². The summed E-state index contributed by atoms with van der Waals surface area (Å²) in [5.74, 6) is 0.554. The van der Waals surface area contributed by atoms with Crippen molar-refractivity contribution >= 4 is 17.3 Å². The average molecular weight is 209 g/mol. The summed E-state index contributed by atoms with van der Waals surface area (Å²) in [4.78, 5) is 0. The van der Waals surface area contributed by atoms with Gasteiger partial charge in [-0.2, -0.15) is 5.26 Å². The van der Waals surface area contributed by atoms with Crippen LogP contribution in [0.25, 0.3) is 0 Å². The predicted molar refractivity (Wildman–Crippen MR) is 56.1 cm³/mol. The highest BCUT2D eigenvalue weighted by Gasteiger charge is 2.00. The molecule has 0 bridgehead atoms. The quantitative estimate of drug-likeness (QED) is 0.776. The van der Waals surface area contributed by atoms with E-state index in [1.165, 1.54) is 5.54 Å². The number of halogens is 1. The zero-order valence-corrected chi connectivity index (χ0v) is 8.16. The second kappa shape index (κ2) is 5.15. The number of nitrogens with zero attached hydrogens (tertiary/aromatic N) is 1. The van der Waals surface area contributed by atoms with Crippen LogP contribution in [0.15, 0.2) is 29.8 Å². The molecule has 0 aromatic heterocycles. The van der Waals surface area contributed by atoms with Gasteiger partial charge in [-0.05, 0) is 24.3 Å². The van der Waals surface area contributed by atoms with Crippen molar-refractivity contribution in [1.29, 1.82) is 5.26 Å². The number of rotatable bonds is 3. The highest BCUT2D eigenvalue weighted by molar-refractivity contribution is 6.25. The third-order valence-electron chi connectivity index (χ3n) is 1.56. The molecule has 0 radical (unpaired) electrons. The Balaban J connectivity index is 2.75. The van der Waals surface area contributed by atoms with Crippen molar-refractivity contribution < 1.29 is 4.74 Å². The zero-order chi connectivity index (χ0) is 10.4. The Morgan fingerprint density at radius 1 is 1.57 bits per heavy atom. The third kappa shape index (κ3) is 2.68. The van der Waals surface area contributed by atoms with Gasteiger partial charge in [0.25, 0.3) is 0 Å². The summed E-state index contributed by atoms with van der Waals surface area (Å²) < 4.78 is 5.27. The Morgan fingerprint density at radius 3 is 2.93 bits per heavy atom. The van der Waals surface area contributed by atoms with Gasteiger partial charge in [-0.15, -0.1) is 0 Å². The number of nitriles is 1. The molecule has 0 fully saturated rings. The van der Waals surface area contributed by atoms with Crippen molar-refractivity contribution in [3.05, 3.63) is 35.4 Å². The lowest BCUT2D eigenvalue weighted by atomic mass is 10.2. The van der Waals surface area contributed by atoms with Crippen molar-refractivity contribution in [1.82, 2.24) is 0 Å². The van der Waals surface area contributed by atoms with Gasteiger partial charge in [0.15, 0.2) is 0 Å². The van der Waals surface area contributed by atoms with Crippen LogP contribution < -0.4 is 10.5 Å². The van der Waals surface area contributed by atoms with Gasteiger partial charge in [-0.1, -0.05) is 11.6 Å². The normalized spacial score (nSPS) is 10.0. The average Bonchev–Trinajstić information content (AvgIpc) is 2.20. The van der Waals surface area contributed by atoms with Crippen molar-refractivity contribution in [2.75, 3.05) is 12.3 Å². The van der Waals surface area contributed by atoms with Gasteiger partial charge in [0.2, 0.25) is 0 Å². The van der Waals surface area contributed by atoms with Gasteiger partial charge in [-0.3, -0.25) is 0 Å². The molecule has 1 aromatic carbocycles. The minimum Gasteiger partial charge on any atom is -0.487 e. The minimum atomic E-state index is 0.361. The lowest BCUT2D eigenvalue weighted by Gasteiger charge is -2.05. The van der Waals surface area contributed by atoms with E-state index in [-0.39, 0.29) is 0 Å². The molecular weight excluding hydrogens is 200 g/mol. The lowest BCUT2D eigenvalue weighted by Crippen LogP contribution is -1.97. The maximum Gasteiger partial charge on any atom is 0.142 e. The summed E-state index contributed by atoms with van der Waals surface area (Å²) in [5, 5.41) is 8.59. The molecule has 0 aliphatic carbocycles. The number of anilines is 1. The molecule has 14 heavy (non-hydrogen) atoms. The summed E-state index contributed by atoms with van der Waals surface area (Å²) in [7, 11) is 0. The van der Waals surface area contributed by atoms with Crippen LogP contribution in [0.3, 0.4) is 0 Å². The first kappa shape index (κ1) is 10.4. The van der Waals surface area contributed by atoms with E-state index in [0.717, 1.165) is 0 Å². The molecule has 72 valence electrons. The Labute approximate surface area is 87.4 Å². The highest BCUT2D eigenvalue weighted by Crippen LogP contribution is 2.21. The van der Waals surface area contributed by atoms with E-state index in [4.69, 9.17) is 27.3 Å². The van der Waals surface area contributed by atoms with Crippen molar-refractivity contribution in [2.24, 2.45) is 0 Å². The van der Waals surface area contributed by atoms with E-state index >= 15 is 0 Å². The molecule has 0 unspecified atom stereocenters. The molecule has 0 aliphatic rings. The molecule has 0 spiro atoms. The fourth-order valence-electron chi connectivity index (χ4n) is 0.924. The molecule has 1 rings (SSSR count). The van der Waals surface area contributed by atoms with Gasteiger partial charge in [0, 0.05) is 5.54 Å². The number of ether oxygens (including phenoxy) is 1. The second-order valence-corrected chi connectivity index (χ2v) is 2.79. The molecule has 1 aromatic rings. The van der Waals surface area contributed by atoms with Gasteiger partial charge in [-0.25, -0.2) is 0 Å². The van der Waals surface area contributed by atoms with Crippen LogP contribution in [0.2, 0.25) is 0 Å². The number of hydrogen-bond acceptors (Lipinski definition) is 3. The van der Waals surface area contributed by atoms with Gasteiger partial charge >= 0.3 is 0 Å². The van der Waals surface area contributed by atoms with Crippen molar-refractivity contribution in [3.8, 4) is 11.8 Å². The van der Waals surface area contributed by atoms with Gasteiger partial charge in [0.1, 0.15) is 12.4 Å². The van der Waals surface area contributed by atoms with E-state index in [2.05, 4.69) is 0 Å². The lowest BCUT2D eigenvalue weighted by molar-refractivity contribution is 0.365. The van der Waals surface area contributed by atoms with E-state index < -0.39 is 0 Å². The molecule has 0 heterocycles. The number of hydrogen-bond donors (Lipinski definition) is 1. The third-order valence-corrected chi connectivity index (χ3v) is 1.74. The molecule has 0 amide bonds. The molecule has 0 atom stereocenters. The fourth-order valence-corrected chi connectivity index (χ4v) is 0.996. The zero-order valence-electron chi connectivity index (χ0n) is 7.40. The summed E-state index contributed by atoms with van der Waals surface area (Å²) in [6.45, 7) is 0.361. The first-order chi connectivity index (χ1) is 6.77. The van der Waals surface area contributed by atoms with Crippen LogP contribution in [-0.4, -0.2) is 6.61 Å². The van der Waals surface area contributed by atoms with Crippen molar-refractivity contribution in [2.45, 2.75) is 0 Å². The van der Waals surface area contributed by atoms with Crippen molar-refractivity contribution in [3.63, 3.8) is 0 Å². The van der Waals surface area contributed by atoms with Crippen LogP contribution in [0, 0.1) is 11.3 Å². The monoisotopic (exact) mass is 208 g/mol. The Bertz CT molecular complexity index is 382. The largest absolute Gasteiger partial charge is 0.487 e. The molecule has 3 nitrogen and oxygen atoms in total. The predicted octanol–water partition coefficient (Wildman–Crippen LogP) is 2.27. The van der Waals surface area contributed by atoms with E-state index in [0.29, 0.717) is 23.6 Å². The topological polar surface area (TPSA) is 59.0 Å². The standard InChI is InChI=1S/C10H9ClN2O/c11-4-1-5-14-10-3-2-8(7-12)6-9(10)13/h1-4,6H,5,13H2/b4-1+. The maximum atomic E-state index is 8.59. The van der Waals surface area contributed by atoms with Crippen LogP contribution in [0.4, 0.5) is 5.69 Å². The molecule has 0 saturated heterocycles. The Kier molecular flexibility index (Phi) is 3.84. The molecule has 4 heteroatoms. The molecule has 0 saturated carbocycles. The van der Waals surface area contributed by atoms with Crippen LogP contribution >= 0.6 is 11.6 Å². The van der Waals surface area contributed by atoms with Crippen LogP contribution in [0.1, 0.15) is 5.56 Å². The number of benzene rings is 1. The molecular formula is C10H9ClN2O.